The van der Waals surface area contributed by atoms with Crippen molar-refractivity contribution in [2.75, 3.05) is 32.5 Å². The van der Waals surface area contributed by atoms with Crippen LogP contribution in [0.3, 0.4) is 0 Å². The topological polar surface area (TPSA) is 108 Å². The zero-order valence-electron chi connectivity index (χ0n) is 17.1. The molecule has 2 rings (SSSR count). The summed E-state index contributed by atoms with van der Waals surface area (Å²) < 4.78 is 0. The van der Waals surface area contributed by atoms with Crippen molar-refractivity contribution >= 4 is 23.6 Å². The highest BCUT2D eigenvalue weighted by molar-refractivity contribution is 5.94. The second-order valence-electron chi connectivity index (χ2n) is 6.42. The van der Waals surface area contributed by atoms with Crippen LogP contribution >= 0.6 is 0 Å². The van der Waals surface area contributed by atoms with Gasteiger partial charge in [0, 0.05) is 44.9 Å². The minimum absolute atomic E-state index is 0.101. The van der Waals surface area contributed by atoms with Crippen LogP contribution in [0.2, 0.25) is 0 Å². The van der Waals surface area contributed by atoms with Gasteiger partial charge in [-0.25, -0.2) is 4.98 Å². The van der Waals surface area contributed by atoms with E-state index in [0.29, 0.717) is 36.9 Å². The number of carbonyl (C=O) groups excluding carboxylic acids is 2. The lowest BCUT2D eigenvalue weighted by atomic mass is 10.1. The third kappa shape index (κ3) is 7.61. The molecule has 4 N–H and O–H groups in total. The Morgan fingerprint density at radius 2 is 1.83 bits per heavy atom. The highest BCUT2D eigenvalue weighted by Gasteiger charge is 2.06. The Hall–Kier alpha value is -3.42. The second-order valence-corrected chi connectivity index (χ2v) is 6.42. The number of aromatic nitrogens is 1. The molecule has 1 aromatic carbocycles. The van der Waals surface area contributed by atoms with Crippen LogP contribution < -0.4 is 21.3 Å². The van der Waals surface area contributed by atoms with Crippen molar-refractivity contribution in [2.24, 2.45) is 4.99 Å². The normalized spacial score (nSPS) is 10.9. The fourth-order valence-corrected chi connectivity index (χ4v) is 2.67. The summed E-state index contributed by atoms with van der Waals surface area (Å²) in [5, 5.41) is 11.7. The zero-order valence-corrected chi connectivity index (χ0v) is 17.1. The quantitative estimate of drug-likeness (QED) is 0.399. The number of hydrogen-bond donors (Lipinski definition) is 4. The van der Waals surface area contributed by atoms with Crippen LogP contribution in [0, 0.1) is 6.92 Å². The first-order valence-electron chi connectivity index (χ1n) is 9.51. The fourth-order valence-electron chi connectivity index (χ4n) is 2.67. The molecule has 0 saturated heterocycles. The number of benzene rings is 1. The largest absolute Gasteiger partial charge is 0.356 e. The van der Waals surface area contributed by atoms with Crippen molar-refractivity contribution in [3.05, 3.63) is 59.3 Å². The van der Waals surface area contributed by atoms with Gasteiger partial charge in [-0.15, -0.1) is 0 Å². The Balaban J connectivity index is 1.71. The van der Waals surface area contributed by atoms with Crippen molar-refractivity contribution in [1.29, 1.82) is 0 Å². The molecule has 0 aliphatic heterocycles. The number of aryl methyl sites for hydroxylation is 1. The molecule has 1 aromatic heterocycles. The number of guanidine groups is 1. The van der Waals surface area contributed by atoms with Gasteiger partial charge in [-0.05, 0) is 43.2 Å². The number of nitrogens with one attached hydrogen (secondary N) is 4. The van der Waals surface area contributed by atoms with E-state index in [-0.39, 0.29) is 11.8 Å². The molecule has 154 valence electrons. The Bertz CT molecular complexity index is 866. The summed E-state index contributed by atoms with van der Waals surface area (Å²) in [7, 11) is 3.29. The molecule has 0 unspecified atom stereocenters. The Morgan fingerprint density at radius 1 is 1.07 bits per heavy atom. The highest BCUT2D eigenvalue weighted by atomic mass is 16.2. The number of carbonyl (C=O) groups is 2. The lowest BCUT2D eigenvalue weighted by Gasteiger charge is -2.12. The highest BCUT2D eigenvalue weighted by Crippen LogP contribution is 2.06. The Morgan fingerprint density at radius 3 is 2.55 bits per heavy atom. The van der Waals surface area contributed by atoms with E-state index in [1.807, 2.05) is 37.3 Å². The van der Waals surface area contributed by atoms with E-state index in [0.717, 1.165) is 17.7 Å². The first-order valence-corrected chi connectivity index (χ1v) is 9.51. The third-order valence-corrected chi connectivity index (χ3v) is 4.15. The van der Waals surface area contributed by atoms with E-state index in [4.69, 9.17) is 0 Å². The number of rotatable bonds is 8. The molecule has 8 heteroatoms. The minimum atomic E-state index is -0.114. The molecule has 29 heavy (non-hydrogen) atoms. The average Bonchev–Trinajstić information content (AvgIpc) is 2.72. The maximum absolute atomic E-state index is 12.0. The molecule has 0 spiro atoms. The van der Waals surface area contributed by atoms with Crippen molar-refractivity contribution in [3.8, 4) is 0 Å². The van der Waals surface area contributed by atoms with Crippen LogP contribution in [0.25, 0.3) is 0 Å². The Labute approximate surface area is 171 Å². The standard InChI is InChI=1S/C21H28N6O2/c1-15-6-4-9-18(26-15)27-19(28)11-13-25-21(23-3)24-12-10-16-7-5-8-17(14-16)20(29)22-2/h4-9,14H,10-13H2,1-3H3,(H,22,29)(H2,23,24,25)(H,26,27,28). The summed E-state index contributed by atoms with van der Waals surface area (Å²) in [4.78, 5) is 32.1. The molecule has 0 atom stereocenters. The van der Waals surface area contributed by atoms with E-state index < -0.39 is 0 Å². The van der Waals surface area contributed by atoms with Crippen LogP contribution in [0.1, 0.15) is 28.0 Å². The summed E-state index contributed by atoms with van der Waals surface area (Å²) in [6.45, 7) is 2.97. The predicted molar refractivity (Wildman–Crippen MR) is 115 cm³/mol. The summed E-state index contributed by atoms with van der Waals surface area (Å²) in [5.41, 5.74) is 2.55. The summed E-state index contributed by atoms with van der Waals surface area (Å²) in [6.07, 6.45) is 1.04. The van der Waals surface area contributed by atoms with Gasteiger partial charge in [0.1, 0.15) is 5.82 Å². The van der Waals surface area contributed by atoms with Crippen LogP contribution in [-0.2, 0) is 11.2 Å². The van der Waals surface area contributed by atoms with Gasteiger partial charge in [0.15, 0.2) is 5.96 Å². The molecule has 1 heterocycles. The van der Waals surface area contributed by atoms with E-state index in [1.165, 1.54) is 0 Å². The van der Waals surface area contributed by atoms with E-state index >= 15 is 0 Å². The van der Waals surface area contributed by atoms with Gasteiger partial charge in [-0.3, -0.25) is 14.6 Å². The van der Waals surface area contributed by atoms with Crippen molar-refractivity contribution in [2.45, 2.75) is 19.8 Å². The number of nitrogens with zero attached hydrogens (tertiary/aromatic N) is 2. The first-order chi connectivity index (χ1) is 14.0. The number of anilines is 1. The molecule has 0 saturated carbocycles. The molecule has 2 aromatic rings. The van der Waals surface area contributed by atoms with Crippen LogP contribution in [0.5, 0.6) is 0 Å². The van der Waals surface area contributed by atoms with Crippen molar-refractivity contribution in [3.63, 3.8) is 0 Å². The monoisotopic (exact) mass is 396 g/mol. The van der Waals surface area contributed by atoms with E-state index in [9.17, 15) is 9.59 Å². The zero-order chi connectivity index (χ0) is 21.1. The number of hydrogen-bond acceptors (Lipinski definition) is 4. The number of amides is 2. The molecule has 2 amide bonds. The van der Waals surface area contributed by atoms with Gasteiger partial charge in [-0.1, -0.05) is 18.2 Å². The smallest absolute Gasteiger partial charge is 0.251 e. The molecule has 0 aliphatic rings. The molecule has 0 aliphatic carbocycles. The summed E-state index contributed by atoms with van der Waals surface area (Å²) >= 11 is 0. The number of aliphatic imine (C=N–C) groups is 1. The van der Waals surface area contributed by atoms with Crippen LogP contribution in [0.4, 0.5) is 5.82 Å². The molecule has 0 fully saturated rings. The second kappa shape index (κ2) is 11.4. The van der Waals surface area contributed by atoms with Crippen molar-refractivity contribution in [1.82, 2.24) is 20.9 Å². The Kier molecular flexibility index (Phi) is 8.62. The maximum atomic E-state index is 12.0. The van der Waals surface area contributed by atoms with Gasteiger partial charge in [0.05, 0.1) is 0 Å². The van der Waals surface area contributed by atoms with Gasteiger partial charge in [0.25, 0.3) is 5.91 Å². The minimum Gasteiger partial charge on any atom is -0.356 e. The van der Waals surface area contributed by atoms with Crippen molar-refractivity contribution < 1.29 is 9.59 Å². The van der Waals surface area contributed by atoms with E-state index in [2.05, 4.69) is 31.2 Å². The maximum Gasteiger partial charge on any atom is 0.251 e. The molecule has 8 nitrogen and oxygen atoms in total. The van der Waals surface area contributed by atoms with E-state index in [1.54, 1.807) is 26.2 Å². The van der Waals surface area contributed by atoms with Gasteiger partial charge in [0.2, 0.25) is 5.91 Å². The SMILES string of the molecule is CN=C(NCCC(=O)Nc1cccc(C)n1)NCCc1cccc(C(=O)NC)c1. The lowest BCUT2D eigenvalue weighted by molar-refractivity contribution is -0.116. The molecule has 0 radical (unpaired) electrons. The number of pyridine rings is 1. The first kappa shape index (κ1) is 21.9. The predicted octanol–water partition coefficient (Wildman–Crippen LogP) is 1.49. The van der Waals surface area contributed by atoms with Crippen LogP contribution in [-0.4, -0.2) is 49.9 Å². The third-order valence-electron chi connectivity index (χ3n) is 4.15. The summed E-state index contributed by atoms with van der Waals surface area (Å²) in [6, 6.07) is 13.0. The summed E-state index contributed by atoms with van der Waals surface area (Å²) in [5.74, 6) is 0.957. The molecule has 0 bridgehead atoms. The van der Waals surface area contributed by atoms with Crippen LogP contribution in [0.15, 0.2) is 47.5 Å². The average molecular weight is 396 g/mol. The lowest BCUT2D eigenvalue weighted by Crippen LogP contribution is -2.39. The molecular weight excluding hydrogens is 368 g/mol. The fraction of sp³-hybridized carbons (Fsp3) is 0.333. The molecular formula is C21H28N6O2. The van der Waals surface area contributed by atoms with Gasteiger partial charge in [-0.2, -0.15) is 0 Å². The van der Waals surface area contributed by atoms with Gasteiger partial charge < -0.3 is 21.3 Å². The van der Waals surface area contributed by atoms with Gasteiger partial charge >= 0.3 is 0 Å².